The maximum absolute atomic E-state index is 8.88. The van der Waals surface area contributed by atoms with Crippen LogP contribution in [0.1, 0.15) is 0 Å². The highest BCUT2D eigenvalue weighted by Crippen LogP contribution is 2.25. The molecule has 14 heavy (non-hydrogen) atoms. The van der Waals surface area contributed by atoms with E-state index >= 15 is 0 Å². The van der Waals surface area contributed by atoms with Gasteiger partial charge in [0.05, 0.1) is 0 Å². The first-order chi connectivity index (χ1) is 5.73. The summed E-state index contributed by atoms with van der Waals surface area (Å²) in [4.78, 5) is 50.9. The zero-order chi connectivity index (χ0) is 12.6. The van der Waals surface area contributed by atoms with Gasteiger partial charge in [0.25, 0.3) is 0 Å². The summed E-state index contributed by atoms with van der Waals surface area (Å²) in [6.45, 7) is 0. The average molecular weight is 256 g/mol. The first kappa shape index (κ1) is 19.6. The molecule has 88 valence electrons. The van der Waals surface area contributed by atoms with Crippen molar-refractivity contribution in [3.8, 4) is 0 Å². The van der Waals surface area contributed by atoms with Gasteiger partial charge >= 0.3 is 24.2 Å². The molecular weight excluding hydrogens is 246 g/mol. The van der Waals surface area contributed by atoms with Crippen LogP contribution in [-0.4, -0.2) is 65.3 Å². The van der Waals surface area contributed by atoms with Crippen LogP contribution in [0.5, 0.6) is 0 Å². The van der Waals surface area contributed by atoms with Gasteiger partial charge in [-0.1, -0.05) is 0 Å². The van der Waals surface area contributed by atoms with Crippen molar-refractivity contribution in [2.75, 3.05) is 0 Å². The molecule has 0 saturated carbocycles. The highest BCUT2D eigenvalue weighted by atomic mass is 31.2. The van der Waals surface area contributed by atoms with Crippen LogP contribution in [0.4, 0.5) is 0 Å². The summed E-state index contributed by atoms with van der Waals surface area (Å²) >= 11 is 0. The topological polar surface area (TPSA) is 219 Å². The molecule has 0 bridgehead atoms. The van der Waals surface area contributed by atoms with Crippen molar-refractivity contribution in [3.63, 3.8) is 0 Å². The van der Waals surface area contributed by atoms with Gasteiger partial charge in [-0.3, -0.25) is 0 Å². The van der Waals surface area contributed by atoms with E-state index in [1.54, 1.807) is 0 Å². The fraction of sp³-hybridized carbons (Fsp3) is 0. The van der Waals surface area contributed by atoms with E-state index in [2.05, 4.69) is 0 Å². The van der Waals surface area contributed by atoms with Crippen LogP contribution >= 0.6 is 7.82 Å². The lowest BCUT2D eigenvalue weighted by atomic mass is 10.3. The smallest absolute Gasteiger partial charge is 0.402 e. The summed E-state index contributed by atoms with van der Waals surface area (Å²) in [7, 11) is -11.4. The lowest BCUT2D eigenvalue weighted by Crippen LogP contribution is -2.33. The Labute approximate surface area is 78.7 Å². The molecule has 0 aliphatic heterocycles. The van der Waals surface area contributed by atoms with Gasteiger partial charge in [-0.15, -0.1) is 0 Å². The molecule has 0 aromatic rings. The molecule has 0 unspecified atom stereocenters. The van der Waals surface area contributed by atoms with Crippen molar-refractivity contribution in [2.24, 2.45) is 0 Å². The van der Waals surface area contributed by atoms with Crippen LogP contribution in [0.2, 0.25) is 0 Å². The Morgan fingerprint density at radius 2 is 0.857 bits per heavy atom. The summed E-state index contributed by atoms with van der Waals surface area (Å²) in [5.74, 6) is 0. The van der Waals surface area contributed by atoms with Gasteiger partial charge in [0, 0.05) is 0 Å². The summed E-state index contributed by atoms with van der Waals surface area (Å²) in [6, 6.07) is 0. The highest BCUT2D eigenvalue weighted by molar-refractivity contribution is 7.45. The van der Waals surface area contributed by atoms with Crippen molar-refractivity contribution in [3.05, 3.63) is 0 Å². The molecule has 0 aromatic carbocycles. The second-order valence-corrected chi connectivity index (χ2v) is 3.69. The molecule has 0 heterocycles. The van der Waals surface area contributed by atoms with Crippen molar-refractivity contribution in [2.45, 2.75) is 0 Å². The molecular formula is H10BO11PSi. The van der Waals surface area contributed by atoms with Crippen molar-refractivity contribution >= 4 is 24.2 Å². The van der Waals surface area contributed by atoms with E-state index in [0.29, 0.717) is 0 Å². The average Bonchev–Trinajstić information content (AvgIpc) is 1.45. The van der Waals surface area contributed by atoms with Gasteiger partial charge in [0.15, 0.2) is 0 Å². The van der Waals surface area contributed by atoms with Gasteiger partial charge in [-0.25, -0.2) is 4.57 Å². The Morgan fingerprint density at radius 1 is 0.857 bits per heavy atom. The maximum atomic E-state index is 8.88. The molecule has 0 atom stereocenters. The number of rotatable bonds is 0. The summed E-state index contributed by atoms with van der Waals surface area (Å²) in [6.07, 6.45) is 0. The van der Waals surface area contributed by atoms with Crippen LogP contribution in [0.3, 0.4) is 0 Å². The first-order valence-corrected chi connectivity index (χ1v) is 5.81. The van der Waals surface area contributed by atoms with E-state index in [4.69, 9.17) is 53.5 Å². The Hall–Kier alpha value is 0.112. The monoisotopic (exact) mass is 256 g/mol. The lowest BCUT2D eigenvalue weighted by Gasteiger charge is -1.91. The standard InChI is InChI=1S/BH3O3.H3O4P.H4O4Si/c2-1(3)4;2*1-5(2,3)4/h2-4H;(H3,1,2,3,4);1-4H. The van der Waals surface area contributed by atoms with E-state index in [1.807, 2.05) is 0 Å². The van der Waals surface area contributed by atoms with Crippen molar-refractivity contribution in [1.29, 1.82) is 0 Å². The molecule has 10 N–H and O–H groups in total. The molecule has 0 spiro atoms. The number of hydrogen-bond donors (Lipinski definition) is 10. The summed E-state index contributed by atoms with van der Waals surface area (Å²) < 4.78 is 8.88. The fourth-order valence-electron chi connectivity index (χ4n) is 0. The third-order valence-electron chi connectivity index (χ3n) is 0. The van der Waals surface area contributed by atoms with Gasteiger partial charge in [-0.2, -0.15) is 0 Å². The predicted octanol–water partition coefficient (Wildman–Crippen LogP) is -5.59. The molecule has 11 nitrogen and oxygen atoms in total. The van der Waals surface area contributed by atoms with E-state index < -0.39 is 24.2 Å². The fourth-order valence-corrected chi connectivity index (χ4v) is 0. The van der Waals surface area contributed by atoms with Crippen LogP contribution in [0, 0.1) is 0 Å². The minimum atomic E-state index is -4.64. The van der Waals surface area contributed by atoms with Crippen LogP contribution < -0.4 is 0 Å². The maximum Gasteiger partial charge on any atom is 0.668 e. The van der Waals surface area contributed by atoms with E-state index in [0.717, 1.165) is 0 Å². The van der Waals surface area contributed by atoms with Gasteiger partial charge in [0.2, 0.25) is 0 Å². The predicted molar refractivity (Wildman–Crippen MR) is 41.3 cm³/mol. The van der Waals surface area contributed by atoms with Crippen LogP contribution in [-0.2, 0) is 4.57 Å². The van der Waals surface area contributed by atoms with Gasteiger partial charge in [-0.05, 0) is 0 Å². The third-order valence-corrected chi connectivity index (χ3v) is 0. The van der Waals surface area contributed by atoms with E-state index in [-0.39, 0.29) is 0 Å². The van der Waals surface area contributed by atoms with E-state index in [9.17, 15) is 0 Å². The molecule has 0 aliphatic rings. The SMILES string of the molecule is O=P(O)(O)O.OB(O)O.O[Si](O)(O)O. The molecule has 0 amide bonds. The minimum absolute atomic E-state index is 2.17. The molecule has 0 fully saturated rings. The summed E-state index contributed by atoms with van der Waals surface area (Å²) in [5, 5.41) is 21.5. The zero-order valence-corrected chi connectivity index (χ0v) is 8.30. The number of phosphoric acid groups is 1. The van der Waals surface area contributed by atoms with E-state index in [1.165, 1.54) is 0 Å². The first-order valence-electron chi connectivity index (χ1n) is 2.45. The second-order valence-electron chi connectivity index (χ2n) is 1.46. The Bertz CT molecular complexity index is 136. The quantitative estimate of drug-likeness (QED) is 0.145. The Morgan fingerprint density at radius 3 is 0.857 bits per heavy atom. The molecule has 0 radical (unpaired) electrons. The zero-order valence-electron chi connectivity index (χ0n) is 6.40. The molecule has 0 aromatic heterocycles. The molecule has 14 heteroatoms. The minimum Gasteiger partial charge on any atom is -0.402 e. The third kappa shape index (κ3) is 120000. The van der Waals surface area contributed by atoms with Crippen molar-refractivity contribution < 1.29 is 53.5 Å². The normalized spacial score (nSPS) is 10.4. The summed E-state index contributed by atoms with van der Waals surface area (Å²) in [5.41, 5.74) is 0. The second kappa shape index (κ2) is 8.42. The molecule has 0 saturated heterocycles. The highest BCUT2D eigenvalue weighted by Gasteiger charge is 2.22. The van der Waals surface area contributed by atoms with Crippen LogP contribution in [0.15, 0.2) is 0 Å². The van der Waals surface area contributed by atoms with Gasteiger partial charge in [0.1, 0.15) is 0 Å². The lowest BCUT2D eigenvalue weighted by molar-refractivity contribution is 0.117. The van der Waals surface area contributed by atoms with Crippen LogP contribution in [0.25, 0.3) is 0 Å². The Kier molecular flexibility index (Phi) is 11.8. The molecule has 0 aliphatic carbocycles. The number of hydrogen-bond acceptors (Lipinski definition) is 8. The molecule has 0 rings (SSSR count). The van der Waals surface area contributed by atoms with Gasteiger partial charge < -0.3 is 48.9 Å². The van der Waals surface area contributed by atoms with Crippen molar-refractivity contribution in [1.82, 2.24) is 0 Å². The Balaban J connectivity index is -0.000000131. The largest absolute Gasteiger partial charge is 0.668 e.